The summed E-state index contributed by atoms with van der Waals surface area (Å²) in [7, 11) is 0. The van der Waals surface area contributed by atoms with Crippen molar-refractivity contribution < 1.29 is 27.4 Å². The van der Waals surface area contributed by atoms with Crippen LogP contribution in [0.15, 0.2) is 78.9 Å². The average molecular weight is 539 g/mol. The average Bonchev–Trinajstić information content (AvgIpc) is 3.36. The third-order valence-electron chi connectivity index (χ3n) is 6.00. The van der Waals surface area contributed by atoms with Crippen LogP contribution in [0.2, 0.25) is 0 Å². The van der Waals surface area contributed by atoms with Gasteiger partial charge in [-0.3, -0.25) is 4.79 Å². The van der Waals surface area contributed by atoms with Crippen molar-refractivity contribution in [2.45, 2.75) is 32.4 Å². The number of anilines is 1. The third kappa shape index (κ3) is 7.02. The molecule has 7 nitrogen and oxygen atoms in total. The van der Waals surface area contributed by atoms with Gasteiger partial charge in [-0.15, -0.1) is 5.10 Å². The molecule has 1 aromatic heterocycles. The van der Waals surface area contributed by atoms with E-state index in [1.54, 1.807) is 24.3 Å². The first kappa shape index (κ1) is 27.8. The first-order valence-corrected chi connectivity index (χ1v) is 12.6. The molecule has 4 rings (SSSR count). The van der Waals surface area contributed by atoms with Crippen molar-refractivity contribution in [1.82, 2.24) is 14.8 Å². The summed E-state index contributed by atoms with van der Waals surface area (Å²) < 4.78 is 52.4. The molecular weight excluding hydrogens is 509 g/mol. The van der Waals surface area contributed by atoms with Gasteiger partial charge in [-0.25, -0.2) is 4.68 Å². The summed E-state index contributed by atoms with van der Waals surface area (Å²) >= 11 is 0. The van der Waals surface area contributed by atoms with Crippen LogP contribution in [-0.4, -0.2) is 40.5 Å². The summed E-state index contributed by atoms with van der Waals surface area (Å²) in [5, 5.41) is 7.31. The van der Waals surface area contributed by atoms with Crippen molar-refractivity contribution in [3.8, 4) is 23.1 Å². The minimum absolute atomic E-state index is 0.00754. The molecule has 39 heavy (non-hydrogen) atoms. The topological polar surface area (TPSA) is 78.3 Å². The van der Waals surface area contributed by atoms with Crippen LogP contribution in [0.4, 0.5) is 18.9 Å². The van der Waals surface area contributed by atoms with E-state index in [0.29, 0.717) is 31.0 Å². The SMILES string of the molecule is CCOCCOc1nc(-c2cccc(C(F)(F)F)c2)n(-c2ccc(NC(=O)C(CC)c3ccccc3)cc2)n1. The fraction of sp³-hybridized carbons (Fsp3) is 0.276. The predicted molar refractivity (Wildman–Crippen MR) is 142 cm³/mol. The van der Waals surface area contributed by atoms with Crippen molar-refractivity contribution in [2.75, 3.05) is 25.1 Å². The maximum atomic E-state index is 13.4. The minimum atomic E-state index is -4.51. The molecule has 4 aromatic rings. The first-order chi connectivity index (χ1) is 18.8. The van der Waals surface area contributed by atoms with E-state index in [1.807, 2.05) is 44.2 Å². The van der Waals surface area contributed by atoms with Crippen LogP contribution in [0, 0.1) is 0 Å². The van der Waals surface area contributed by atoms with Crippen LogP contribution in [0.5, 0.6) is 6.01 Å². The molecule has 0 saturated heterocycles. The van der Waals surface area contributed by atoms with Gasteiger partial charge in [-0.2, -0.15) is 18.2 Å². The molecule has 0 radical (unpaired) electrons. The number of rotatable bonds is 11. The summed E-state index contributed by atoms with van der Waals surface area (Å²) in [4.78, 5) is 17.3. The molecule has 0 bridgehead atoms. The van der Waals surface area contributed by atoms with Crippen molar-refractivity contribution in [2.24, 2.45) is 0 Å². The fourth-order valence-corrected chi connectivity index (χ4v) is 4.07. The van der Waals surface area contributed by atoms with Crippen molar-refractivity contribution in [1.29, 1.82) is 0 Å². The van der Waals surface area contributed by atoms with Gasteiger partial charge in [0.2, 0.25) is 5.91 Å². The molecule has 3 aromatic carbocycles. The van der Waals surface area contributed by atoms with Crippen LogP contribution < -0.4 is 10.1 Å². The summed E-state index contributed by atoms with van der Waals surface area (Å²) in [5.74, 6) is -0.253. The number of nitrogens with zero attached hydrogens (tertiary/aromatic N) is 3. The Morgan fingerprint density at radius 3 is 2.38 bits per heavy atom. The van der Waals surface area contributed by atoms with E-state index in [-0.39, 0.29) is 35.8 Å². The van der Waals surface area contributed by atoms with Gasteiger partial charge in [0.15, 0.2) is 5.82 Å². The number of halogens is 3. The molecule has 0 aliphatic carbocycles. The van der Waals surface area contributed by atoms with E-state index in [4.69, 9.17) is 9.47 Å². The van der Waals surface area contributed by atoms with Gasteiger partial charge in [0.1, 0.15) is 6.61 Å². The molecule has 1 amide bonds. The standard InChI is InChI=1S/C29H29F3N4O3/c1-3-25(20-9-6-5-7-10-20)27(37)33-23-13-15-24(16-14-23)36-26(34-28(35-36)39-18-17-38-4-2)21-11-8-12-22(19-21)29(30,31)32/h5-16,19,25H,3-4,17-18H2,1-2H3,(H,33,37). The molecule has 1 atom stereocenters. The van der Waals surface area contributed by atoms with E-state index in [1.165, 1.54) is 16.8 Å². The Morgan fingerprint density at radius 1 is 0.974 bits per heavy atom. The van der Waals surface area contributed by atoms with Crippen LogP contribution in [-0.2, 0) is 15.7 Å². The highest BCUT2D eigenvalue weighted by atomic mass is 19.4. The molecule has 10 heteroatoms. The molecule has 1 unspecified atom stereocenters. The van der Waals surface area contributed by atoms with Crippen LogP contribution in [0.25, 0.3) is 17.1 Å². The monoisotopic (exact) mass is 538 g/mol. The number of aromatic nitrogens is 3. The molecule has 0 fully saturated rings. The summed E-state index contributed by atoms with van der Waals surface area (Å²) in [5.41, 5.74) is 1.47. The molecular formula is C29H29F3N4O3. The minimum Gasteiger partial charge on any atom is -0.460 e. The Kier molecular flexibility index (Phi) is 8.98. The summed E-state index contributed by atoms with van der Waals surface area (Å²) in [6.45, 7) is 4.84. The molecule has 0 saturated carbocycles. The molecule has 0 aliphatic heterocycles. The number of nitrogens with one attached hydrogen (secondary N) is 1. The molecule has 1 heterocycles. The lowest BCUT2D eigenvalue weighted by molar-refractivity contribution is -0.137. The van der Waals surface area contributed by atoms with E-state index >= 15 is 0 Å². The second-order valence-corrected chi connectivity index (χ2v) is 8.66. The highest BCUT2D eigenvalue weighted by Gasteiger charge is 2.31. The molecule has 1 N–H and O–H groups in total. The zero-order valence-electron chi connectivity index (χ0n) is 21.6. The van der Waals surface area contributed by atoms with Gasteiger partial charge in [0, 0.05) is 17.9 Å². The van der Waals surface area contributed by atoms with Crippen molar-refractivity contribution in [3.05, 3.63) is 90.0 Å². The molecule has 0 aliphatic rings. The lowest BCUT2D eigenvalue weighted by Crippen LogP contribution is -2.20. The predicted octanol–water partition coefficient (Wildman–Crippen LogP) is 6.50. The largest absolute Gasteiger partial charge is 0.460 e. The van der Waals surface area contributed by atoms with Gasteiger partial charge in [-0.1, -0.05) is 49.4 Å². The number of alkyl halides is 3. The number of amides is 1. The Morgan fingerprint density at radius 2 is 1.72 bits per heavy atom. The fourth-order valence-electron chi connectivity index (χ4n) is 4.07. The molecule has 204 valence electrons. The second-order valence-electron chi connectivity index (χ2n) is 8.66. The normalized spacial score (nSPS) is 12.2. The Balaban J connectivity index is 1.60. The maximum absolute atomic E-state index is 13.4. The lowest BCUT2D eigenvalue weighted by atomic mass is 9.95. The summed E-state index contributed by atoms with van der Waals surface area (Å²) in [6.07, 6.45) is -3.87. The Labute approximate surface area is 224 Å². The quantitative estimate of drug-likeness (QED) is 0.221. The van der Waals surface area contributed by atoms with Crippen LogP contribution in [0.3, 0.4) is 0 Å². The number of hydrogen-bond donors (Lipinski definition) is 1. The van der Waals surface area contributed by atoms with E-state index in [2.05, 4.69) is 15.4 Å². The zero-order valence-corrected chi connectivity index (χ0v) is 21.6. The number of carbonyl (C=O) groups is 1. The van der Waals surface area contributed by atoms with Gasteiger partial charge >= 0.3 is 12.2 Å². The Bertz CT molecular complexity index is 1370. The smallest absolute Gasteiger partial charge is 0.416 e. The number of hydrogen-bond acceptors (Lipinski definition) is 5. The van der Waals surface area contributed by atoms with Gasteiger partial charge in [0.05, 0.1) is 23.8 Å². The zero-order chi connectivity index (χ0) is 27.8. The highest BCUT2D eigenvalue weighted by Crippen LogP contribution is 2.33. The van der Waals surface area contributed by atoms with Crippen molar-refractivity contribution >= 4 is 11.6 Å². The highest BCUT2D eigenvalue weighted by molar-refractivity contribution is 5.95. The van der Waals surface area contributed by atoms with E-state index in [9.17, 15) is 18.0 Å². The van der Waals surface area contributed by atoms with Gasteiger partial charge in [-0.05, 0) is 55.3 Å². The third-order valence-corrected chi connectivity index (χ3v) is 6.00. The summed E-state index contributed by atoms with van der Waals surface area (Å²) in [6, 6.07) is 21.2. The Hall–Kier alpha value is -4.18. The van der Waals surface area contributed by atoms with Crippen LogP contribution in [0.1, 0.15) is 37.3 Å². The number of carbonyl (C=O) groups excluding carboxylic acids is 1. The number of benzene rings is 3. The lowest BCUT2D eigenvalue weighted by Gasteiger charge is -2.16. The first-order valence-electron chi connectivity index (χ1n) is 12.6. The maximum Gasteiger partial charge on any atom is 0.416 e. The van der Waals surface area contributed by atoms with E-state index < -0.39 is 11.7 Å². The number of ether oxygens (including phenoxy) is 2. The van der Waals surface area contributed by atoms with Crippen LogP contribution >= 0.6 is 0 Å². The van der Waals surface area contributed by atoms with Crippen molar-refractivity contribution in [3.63, 3.8) is 0 Å². The van der Waals surface area contributed by atoms with Gasteiger partial charge < -0.3 is 14.8 Å². The second kappa shape index (κ2) is 12.6. The molecule has 0 spiro atoms. The van der Waals surface area contributed by atoms with E-state index in [0.717, 1.165) is 17.7 Å². The van der Waals surface area contributed by atoms with Gasteiger partial charge in [0.25, 0.3) is 0 Å².